The zero-order valence-corrected chi connectivity index (χ0v) is 14.4. The van der Waals surface area contributed by atoms with Gasteiger partial charge in [0.2, 0.25) is 0 Å². The van der Waals surface area contributed by atoms with Crippen molar-refractivity contribution in [3.05, 3.63) is 24.3 Å². The molecule has 0 aromatic heterocycles. The highest BCUT2D eigenvalue weighted by molar-refractivity contribution is 5.66. The van der Waals surface area contributed by atoms with E-state index < -0.39 is 30.4 Å². The summed E-state index contributed by atoms with van der Waals surface area (Å²) in [6.07, 6.45) is 7.32. The first-order chi connectivity index (χ1) is 11.4. The van der Waals surface area contributed by atoms with Gasteiger partial charge in [0.05, 0.1) is 24.4 Å². The molecule has 0 spiro atoms. The van der Waals surface area contributed by atoms with Crippen molar-refractivity contribution in [2.75, 3.05) is 0 Å². The molecule has 0 aliphatic carbocycles. The van der Waals surface area contributed by atoms with Crippen molar-refractivity contribution < 1.29 is 30.3 Å². The second kappa shape index (κ2) is 14.2. The number of hydrogen-bond donors (Lipinski definition) is 5. The van der Waals surface area contributed by atoms with E-state index in [9.17, 15) is 25.2 Å². The molecule has 0 heterocycles. The maximum Gasteiger partial charge on any atom is 0.303 e. The first kappa shape index (κ1) is 22.8. The third-order valence-electron chi connectivity index (χ3n) is 3.71. The second-order valence-electron chi connectivity index (χ2n) is 6.04. The first-order valence-electron chi connectivity index (χ1n) is 8.62. The van der Waals surface area contributed by atoms with Gasteiger partial charge in [-0.2, -0.15) is 0 Å². The third kappa shape index (κ3) is 13.2. The second-order valence-corrected chi connectivity index (χ2v) is 6.04. The number of carboxylic acids is 1. The van der Waals surface area contributed by atoms with Gasteiger partial charge in [0.25, 0.3) is 0 Å². The number of carbonyl (C=O) groups is 1. The summed E-state index contributed by atoms with van der Waals surface area (Å²) in [5, 5.41) is 47.3. The highest BCUT2D eigenvalue weighted by Crippen LogP contribution is 2.11. The molecule has 0 aliphatic heterocycles. The van der Waals surface area contributed by atoms with Crippen molar-refractivity contribution >= 4 is 5.97 Å². The lowest BCUT2D eigenvalue weighted by Gasteiger charge is -2.17. The molecule has 0 fully saturated rings. The maximum atomic E-state index is 10.3. The van der Waals surface area contributed by atoms with E-state index in [-0.39, 0.29) is 12.8 Å². The van der Waals surface area contributed by atoms with Gasteiger partial charge in [-0.3, -0.25) is 4.79 Å². The standard InChI is InChI=1S/C18H32O6/c1-2-8-15(20)13-17(22)16(21)12-11-14(19)9-6-4-3-5-7-10-18(23)24/h2,8,11-12,14-17,19-22H,3-7,9-10,13H2,1H3,(H,23,24). The zero-order chi connectivity index (χ0) is 18.4. The van der Waals surface area contributed by atoms with Crippen molar-refractivity contribution in [2.24, 2.45) is 0 Å². The molecule has 5 N–H and O–H groups in total. The van der Waals surface area contributed by atoms with Crippen LogP contribution in [0.2, 0.25) is 0 Å². The van der Waals surface area contributed by atoms with Crippen LogP contribution < -0.4 is 0 Å². The Balaban J connectivity index is 3.82. The summed E-state index contributed by atoms with van der Waals surface area (Å²) in [4.78, 5) is 10.3. The number of aliphatic carboxylic acids is 1. The van der Waals surface area contributed by atoms with Gasteiger partial charge in [0.1, 0.15) is 0 Å². The smallest absolute Gasteiger partial charge is 0.303 e. The molecule has 6 nitrogen and oxygen atoms in total. The Labute approximate surface area is 144 Å². The minimum Gasteiger partial charge on any atom is -0.481 e. The maximum absolute atomic E-state index is 10.3. The van der Waals surface area contributed by atoms with Gasteiger partial charge in [0, 0.05) is 12.8 Å². The minimum absolute atomic E-state index is 0.0300. The average molecular weight is 344 g/mol. The Kier molecular flexibility index (Phi) is 13.4. The Morgan fingerprint density at radius 1 is 0.875 bits per heavy atom. The monoisotopic (exact) mass is 344 g/mol. The van der Waals surface area contributed by atoms with Gasteiger partial charge in [-0.05, 0) is 19.8 Å². The van der Waals surface area contributed by atoms with Crippen LogP contribution in [0.1, 0.15) is 58.3 Å². The number of aliphatic hydroxyl groups excluding tert-OH is 4. The summed E-state index contributed by atoms with van der Waals surface area (Å²) in [5.41, 5.74) is 0. The Bertz CT molecular complexity index is 380. The van der Waals surface area contributed by atoms with Crippen molar-refractivity contribution in [3.8, 4) is 0 Å². The molecule has 0 bridgehead atoms. The molecule has 0 rings (SSSR count). The summed E-state index contributed by atoms with van der Waals surface area (Å²) in [5.74, 6) is -0.769. The fourth-order valence-corrected chi connectivity index (χ4v) is 2.31. The van der Waals surface area contributed by atoms with Crippen LogP contribution >= 0.6 is 0 Å². The summed E-state index contributed by atoms with van der Waals surface area (Å²) in [6, 6.07) is 0. The van der Waals surface area contributed by atoms with Gasteiger partial charge in [-0.25, -0.2) is 0 Å². The quantitative estimate of drug-likeness (QED) is 0.242. The van der Waals surface area contributed by atoms with E-state index in [4.69, 9.17) is 5.11 Å². The fourth-order valence-electron chi connectivity index (χ4n) is 2.31. The molecule has 140 valence electrons. The highest BCUT2D eigenvalue weighted by Gasteiger charge is 2.16. The minimum atomic E-state index is -1.13. The Morgan fingerprint density at radius 2 is 1.50 bits per heavy atom. The molecule has 0 amide bonds. The lowest BCUT2D eigenvalue weighted by Crippen LogP contribution is -2.28. The van der Waals surface area contributed by atoms with E-state index in [1.807, 2.05) is 0 Å². The van der Waals surface area contributed by atoms with Crippen LogP contribution in [0, 0.1) is 0 Å². The molecular weight excluding hydrogens is 312 g/mol. The Morgan fingerprint density at radius 3 is 2.12 bits per heavy atom. The first-order valence-corrected chi connectivity index (χ1v) is 8.62. The number of hydrogen-bond acceptors (Lipinski definition) is 5. The van der Waals surface area contributed by atoms with E-state index in [0.29, 0.717) is 12.8 Å². The van der Waals surface area contributed by atoms with Gasteiger partial charge in [0.15, 0.2) is 0 Å². The predicted octanol–water partition coefficient (Wildman–Crippen LogP) is 1.77. The highest BCUT2D eigenvalue weighted by atomic mass is 16.4. The zero-order valence-electron chi connectivity index (χ0n) is 14.4. The molecule has 24 heavy (non-hydrogen) atoms. The van der Waals surface area contributed by atoms with Gasteiger partial charge >= 0.3 is 5.97 Å². The molecule has 0 aromatic rings. The van der Waals surface area contributed by atoms with Crippen molar-refractivity contribution in [1.82, 2.24) is 0 Å². The molecule has 6 heteroatoms. The van der Waals surface area contributed by atoms with Crippen LogP contribution in [0.4, 0.5) is 0 Å². The molecule has 4 unspecified atom stereocenters. The molecule has 0 saturated carbocycles. The van der Waals surface area contributed by atoms with Crippen LogP contribution in [-0.2, 0) is 4.79 Å². The number of carboxylic acid groups (broad SMARTS) is 1. The largest absolute Gasteiger partial charge is 0.481 e. The summed E-state index contributed by atoms with van der Waals surface area (Å²) < 4.78 is 0. The average Bonchev–Trinajstić information content (AvgIpc) is 2.51. The van der Waals surface area contributed by atoms with Crippen LogP contribution in [-0.4, -0.2) is 55.9 Å². The van der Waals surface area contributed by atoms with Crippen LogP contribution in [0.25, 0.3) is 0 Å². The summed E-state index contributed by atoms with van der Waals surface area (Å²) >= 11 is 0. The normalized spacial score (nSPS) is 17.2. The lowest BCUT2D eigenvalue weighted by atomic mass is 10.0. The van der Waals surface area contributed by atoms with Crippen LogP contribution in [0.3, 0.4) is 0 Å². The molecule has 4 atom stereocenters. The van der Waals surface area contributed by atoms with Crippen LogP contribution in [0.5, 0.6) is 0 Å². The van der Waals surface area contributed by atoms with Gasteiger partial charge in [-0.1, -0.05) is 50.0 Å². The summed E-state index contributed by atoms with van der Waals surface area (Å²) in [6.45, 7) is 1.76. The molecule has 0 saturated heterocycles. The van der Waals surface area contributed by atoms with E-state index in [2.05, 4.69) is 0 Å². The molecular formula is C18H32O6. The fraction of sp³-hybridized carbons (Fsp3) is 0.722. The van der Waals surface area contributed by atoms with Crippen molar-refractivity contribution in [3.63, 3.8) is 0 Å². The number of allylic oxidation sites excluding steroid dienone is 1. The molecule has 0 radical (unpaired) electrons. The van der Waals surface area contributed by atoms with E-state index in [1.54, 1.807) is 13.0 Å². The van der Waals surface area contributed by atoms with E-state index in [0.717, 1.165) is 25.7 Å². The number of unbranched alkanes of at least 4 members (excludes halogenated alkanes) is 4. The topological polar surface area (TPSA) is 118 Å². The predicted molar refractivity (Wildman–Crippen MR) is 92.6 cm³/mol. The van der Waals surface area contributed by atoms with Gasteiger partial charge in [-0.15, -0.1) is 0 Å². The molecule has 0 aromatic carbocycles. The lowest BCUT2D eigenvalue weighted by molar-refractivity contribution is -0.137. The van der Waals surface area contributed by atoms with E-state index >= 15 is 0 Å². The van der Waals surface area contributed by atoms with Crippen LogP contribution in [0.15, 0.2) is 24.3 Å². The third-order valence-corrected chi connectivity index (χ3v) is 3.71. The SMILES string of the molecule is CC=CC(O)CC(O)C(O)C=CC(O)CCCCCCCC(=O)O. The summed E-state index contributed by atoms with van der Waals surface area (Å²) in [7, 11) is 0. The van der Waals surface area contributed by atoms with Crippen molar-refractivity contribution in [2.45, 2.75) is 82.7 Å². The van der Waals surface area contributed by atoms with E-state index in [1.165, 1.54) is 18.2 Å². The molecule has 0 aliphatic rings. The van der Waals surface area contributed by atoms with Gasteiger partial charge < -0.3 is 25.5 Å². The Hall–Kier alpha value is -1.21. The number of rotatable bonds is 14. The number of aliphatic hydroxyl groups is 4. The van der Waals surface area contributed by atoms with Crippen molar-refractivity contribution in [1.29, 1.82) is 0 Å².